The molecule has 6 heteroatoms. The summed E-state index contributed by atoms with van der Waals surface area (Å²) in [5.74, 6) is 0.385. The van der Waals surface area contributed by atoms with E-state index < -0.39 is 0 Å². The van der Waals surface area contributed by atoms with Crippen LogP contribution in [0.1, 0.15) is 32.4 Å². The second-order valence-electron chi connectivity index (χ2n) is 4.66. The molecule has 0 bridgehead atoms. The van der Waals surface area contributed by atoms with Crippen LogP contribution in [-0.2, 0) is 6.54 Å². The number of nitrogens with zero attached hydrogens (tertiary/aromatic N) is 4. The molecule has 1 N–H and O–H groups in total. The third kappa shape index (κ3) is 2.95. The molecule has 0 aliphatic rings. The third-order valence-corrected chi connectivity index (χ3v) is 2.94. The van der Waals surface area contributed by atoms with E-state index in [-0.39, 0.29) is 11.6 Å². The zero-order valence-corrected chi connectivity index (χ0v) is 12.1. The van der Waals surface area contributed by atoms with Crippen LogP contribution in [0, 0.1) is 12.7 Å². The highest BCUT2D eigenvalue weighted by Gasteiger charge is 2.14. The van der Waals surface area contributed by atoms with Crippen LogP contribution in [0.15, 0.2) is 12.3 Å². The number of nitrogens with one attached hydrogen (secondary N) is 1. The van der Waals surface area contributed by atoms with Crippen molar-refractivity contribution < 1.29 is 4.39 Å². The van der Waals surface area contributed by atoms with Crippen molar-refractivity contribution in [3.8, 4) is 11.5 Å². The van der Waals surface area contributed by atoms with Gasteiger partial charge in [0.2, 0.25) is 0 Å². The lowest BCUT2D eigenvalue weighted by molar-refractivity contribution is 0.596. The van der Waals surface area contributed by atoms with E-state index in [1.165, 1.54) is 0 Å². The van der Waals surface area contributed by atoms with E-state index in [1.54, 1.807) is 13.1 Å². The zero-order valence-electron chi connectivity index (χ0n) is 12.1. The Labute approximate surface area is 118 Å². The highest BCUT2D eigenvalue weighted by Crippen LogP contribution is 2.21. The molecule has 5 nitrogen and oxygen atoms in total. The Balaban J connectivity index is 2.41. The Morgan fingerprint density at radius 1 is 1.25 bits per heavy atom. The van der Waals surface area contributed by atoms with Crippen LogP contribution in [0.3, 0.4) is 0 Å². The molecule has 2 aromatic rings. The summed E-state index contributed by atoms with van der Waals surface area (Å²) in [7, 11) is 0. The quantitative estimate of drug-likeness (QED) is 0.881. The normalized spacial score (nSPS) is 10.8. The van der Waals surface area contributed by atoms with Crippen LogP contribution in [0.2, 0.25) is 0 Å². The van der Waals surface area contributed by atoms with E-state index in [9.17, 15) is 4.39 Å². The molecule has 0 radical (unpaired) electrons. The Bertz CT molecular complexity index is 579. The van der Waals surface area contributed by atoms with Crippen molar-refractivity contribution in [1.82, 2.24) is 19.7 Å². The minimum atomic E-state index is -0.385. The topological polar surface area (TPSA) is 55.6 Å². The Morgan fingerprint density at radius 3 is 2.75 bits per heavy atom. The van der Waals surface area contributed by atoms with Crippen molar-refractivity contribution in [2.24, 2.45) is 0 Å². The molecule has 0 aromatic carbocycles. The average molecular weight is 277 g/mol. The van der Waals surface area contributed by atoms with Gasteiger partial charge < -0.3 is 5.32 Å². The highest BCUT2D eigenvalue weighted by molar-refractivity contribution is 5.53. The van der Waals surface area contributed by atoms with E-state index >= 15 is 0 Å². The Hall–Kier alpha value is -1.98. The molecule has 0 saturated heterocycles. The SMILES string of the molecule is CCCNc1nc(-c2ccnn2CCC)nc(C)c1F. The van der Waals surface area contributed by atoms with Gasteiger partial charge in [0.15, 0.2) is 17.5 Å². The lowest BCUT2D eigenvalue weighted by Gasteiger charge is -2.10. The average Bonchev–Trinajstić information content (AvgIpc) is 2.89. The smallest absolute Gasteiger partial charge is 0.186 e. The fourth-order valence-corrected chi connectivity index (χ4v) is 1.95. The molecule has 0 aliphatic heterocycles. The third-order valence-electron chi connectivity index (χ3n) is 2.94. The van der Waals surface area contributed by atoms with Gasteiger partial charge in [0.1, 0.15) is 5.69 Å². The molecule has 2 aromatic heterocycles. The standard InChI is InChI=1S/C14H20FN5/c1-4-7-16-14-12(15)10(3)18-13(19-14)11-6-8-17-20(11)9-5-2/h6,8H,4-5,7,9H2,1-3H3,(H,16,18,19). The van der Waals surface area contributed by atoms with Gasteiger partial charge >= 0.3 is 0 Å². The molecule has 0 fully saturated rings. The molecule has 20 heavy (non-hydrogen) atoms. The first-order valence-corrected chi connectivity index (χ1v) is 6.97. The van der Waals surface area contributed by atoms with Gasteiger partial charge in [0.05, 0.1) is 5.69 Å². The van der Waals surface area contributed by atoms with Crippen LogP contribution in [0.25, 0.3) is 11.5 Å². The summed E-state index contributed by atoms with van der Waals surface area (Å²) in [5, 5.41) is 7.25. The van der Waals surface area contributed by atoms with Crippen molar-refractivity contribution in [2.75, 3.05) is 11.9 Å². The van der Waals surface area contributed by atoms with Crippen LogP contribution in [-0.4, -0.2) is 26.3 Å². The summed E-state index contributed by atoms with van der Waals surface area (Å²) < 4.78 is 15.8. The zero-order chi connectivity index (χ0) is 14.5. The first-order valence-electron chi connectivity index (χ1n) is 6.97. The second-order valence-corrected chi connectivity index (χ2v) is 4.66. The van der Waals surface area contributed by atoms with Crippen molar-refractivity contribution in [3.63, 3.8) is 0 Å². The van der Waals surface area contributed by atoms with E-state index in [1.807, 2.05) is 17.7 Å². The number of aromatic nitrogens is 4. The van der Waals surface area contributed by atoms with Gasteiger partial charge in [-0.2, -0.15) is 5.10 Å². The minimum absolute atomic E-state index is 0.263. The van der Waals surface area contributed by atoms with Gasteiger partial charge in [0, 0.05) is 19.3 Å². The molecule has 2 heterocycles. The predicted molar refractivity (Wildman–Crippen MR) is 77.0 cm³/mol. The van der Waals surface area contributed by atoms with E-state index in [0.717, 1.165) is 25.1 Å². The van der Waals surface area contributed by atoms with Gasteiger partial charge in [-0.3, -0.25) is 4.68 Å². The predicted octanol–water partition coefficient (Wildman–Crippen LogP) is 3.02. The summed E-state index contributed by atoms with van der Waals surface area (Å²) in [6, 6.07) is 1.85. The fraction of sp³-hybridized carbons (Fsp3) is 0.500. The molecular formula is C14H20FN5. The van der Waals surface area contributed by atoms with Crippen LogP contribution < -0.4 is 5.32 Å². The van der Waals surface area contributed by atoms with Gasteiger partial charge in [0.25, 0.3) is 0 Å². The second kappa shape index (κ2) is 6.45. The lowest BCUT2D eigenvalue weighted by atomic mass is 10.3. The summed E-state index contributed by atoms with van der Waals surface area (Å²) in [6.45, 7) is 7.23. The van der Waals surface area contributed by atoms with Gasteiger partial charge in [-0.05, 0) is 25.8 Å². The number of rotatable bonds is 6. The number of hydrogen-bond acceptors (Lipinski definition) is 4. The molecule has 2 rings (SSSR count). The Kier molecular flexibility index (Phi) is 4.65. The molecule has 0 unspecified atom stereocenters. The first kappa shape index (κ1) is 14.4. The minimum Gasteiger partial charge on any atom is -0.368 e. The van der Waals surface area contributed by atoms with E-state index in [2.05, 4.69) is 27.3 Å². The molecule has 0 amide bonds. The first-order chi connectivity index (χ1) is 9.67. The monoisotopic (exact) mass is 277 g/mol. The van der Waals surface area contributed by atoms with Gasteiger partial charge in [-0.15, -0.1) is 0 Å². The molecule has 0 aliphatic carbocycles. The maximum atomic E-state index is 14.0. The highest BCUT2D eigenvalue weighted by atomic mass is 19.1. The maximum absolute atomic E-state index is 14.0. The van der Waals surface area contributed by atoms with Crippen molar-refractivity contribution in [2.45, 2.75) is 40.2 Å². The fourth-order valence-electron chi connectivity index (χ4n) is 1.95. The van der Waals surface area contributed by atoms with E-state index in [4.69, 9.17) is 0 Å². The summed E-state index contributed by atoms with van der Waals surface area (Å²) >= 11 is 0. The van der Waals surface area contributed by atoms with Crippen LogP contribution >= 0.6 is 0 Å². The summed E-state index contributed by atoms with van der Waals surface area (Å²) in [6.07, 6.45) is 3.59. The number of halogens is 1. The van der Waals surface area contributed by atoms with Crippen molar-refractivity contribution in [3.05, 3.63) is 23.8 Å². The summed E-state index contributed by atoms with van der Waals surface area (Å²) in [5.41, 5.74) is 1.16. The molecule has 0 atom stereocenters. The van der Waals surface area contributed by atoms with Crippen LogP contribution in [0.4, 0.5) is 10.2 Å². The molecule has 0 saturated carbocycles. The van der Waals surface area contributed by atoms with Crippen molar-refractivity contribution in [1.29, 1.82) is 0 Å². The lowest BCUT2D eigenvalue weighted by Crippen LogP contribution is -2.10. The number of aryl methyl sites for hydroxylation is 2. The molecule has 0 spiro atoms. The maximum Gasteiger partial charge on any atom is 0.186 e. The largest absolute Gasteiger partial charge is 0.368 e. The summed E-state index contributed by atoms with van der Waals surface area (Å²) in [4.78, 5) is 8.54. The molecule has 108 valence electrons. The van der Waals surface area contributed by atoms with E-state index in [0.29, 0.717) is 18.1 Å². The Morgan fingerprint density at radius 2 is 2.05 bits per heavy atom. The van der Waals surface area contributed by atoms with Gasteiger partial charge in [-0.1, -0.05) is 13.8 Å². The number of hydrogen-bond donors (Lipinski definition) is 1. The molecular weight excluding hydrogens is 257 g/mol. The van der Waals surface area contributed by atoms with Crippen molar-refractivity contribution >= 4 is 5.82 Å². The number of anilines is 1. The van der Waals surface area contributed by atoms with Gasteiger partial charge in [-0.25, -0.2) is 14.4 Å². The van der Waals surface area contributed by atoms with Crippen LogP contribution in [0.5, 0.6) is 0 Å².